The summed E-state index contributed by atoms with van der Waals surface area (Å²) in [5.41, 5.74) is 7.97. The molecule has 5 nitrogen and oxygen atoms in total. The first-order chi connectivity index (χ1) is 12.0. The molecule has 0 amide bonds. The predicted molar refractivity (Wildman–Crippen MR) is 99.2 cm³/mol. The molecule has 4 aromatic rings. The third-order valence-electron chi connectivity index (χ3n) is 4.63. The maximum atomic E-state index is 5.57. The van der Waals surface area contributed by atoms with Crippen molar-refractivity contribution in [1.82, 2.24) is 19.6 Å². The van der Waals surface area contributed by atoms with E-state index in [-0.39, 0.29) is 0 Å². The van der Waals surface area contributed by atoms with Crippen LogP contribution in [0.2, 0.25) is 0 Å². The monoisotopic (exact) mass is 332 g/mol. The van der Waals surface area contributed by atoms with Crippen LogP contribution < -0.4 is 4.74 Å². The van der Waals surface area contributed by atoms with Crippen molar-refractivity contribution in [3.05, 3.63) is 52.7 Å². The van der Waals surface area contributed by atoms with Gasteiger partial charge in [-0.15, -0.1) is 10.2 Å². The SMILES string of the molecule is COc1cc(C)cc2c1nc(C)c1nnc(-c3c(C)cccc3C)n12. The number of benzene rings is 2. The highest BCUT2D eigenvalue weighted by Crippen LogP contribution is 2.32. The van der Waals surface area contributed by atoms with Gasteiger partial charge in [0.1, 0.15) is 11.3 Å². The summed E-state index contributed by atoms with van der Waals surface area (Å²) >= 11 is 0. The molecule has 0 saturated heterocycles. The van der Waals surface area contributed by atoms with E-state index in [9.17, 15) is 0 Å². The lowest BCUT2D eigenvalue weighted by molar-refractivity contribution is 0.418. The standard InChI is InChI=1S/C20H20N4O/c1-11-9-15-18(16(10-11)25-5)21-14(4)19-22-23-20(24(15)19)17-12(2)7-6-8-13(17)3/h6-10H,1-5H3. The van der Waals surface area contributed by atoms with Crippen molar-refractivity contribution in [1.29, 1.82) is 0 Å². The minimum Gasteiger partial charge on any atom is -0.494 e. The Hall–Kier alpha value is -2.95. The number of fused-ring (bicyclic) bond motifs is 3. The molecular formula is C20H20N4O. The van der Waals surface area contributed by atoms with Crippen LogP contribution in [0.15, 0.2) is 30.3 Å². The van der Waals surface area contributed by atoms with E-state index in [1.54, 1.807) is 7.11 Å². The minimum atomic E-state index is 0.765. The van der Waals surface area contributed by atoms with Crippen LogP contribution in [0.5, 0.6) is 5.75 Å². The molecule has 2 aromatic heterocycles. The Morgan fingerprint density at radius 3 is 2.36 bits per heavy atom. The molecule has 126 valence electrons. The van der Waals surface area contributed by atoms with Crippen molar-refractivity contribution in [2.45, 2.75) is 27.7 Å². The number of ether oxygens (including phenoxy) is 1. The molecule has 2 aromatic carbocycles. The Balaban J connectivity index is 2.22. The van der Waals surface area contributed by atoms with Crippen molar-refractivity contribution in [3.8, 4) is 17.1 Å². The minimum absolute atomic E-state index is 0.765. The molecule has 2 heterocycles. The average molecular weight is 332 g/mol. The fourth-order valence-corrected chi connectivity index (χ4v) is 3.46. The number of hydrogen-bond donors (Lipinski definition) is 0. The van der Waals surface area contributed by atoms with E-state index in [0.717, 1.165) is 45.1 Å². The molecule has 0 radical (unpaired) electrons. The molecule has 4 rings (SSSR count). The number of nitrogens with zero attached hydrogens (tertiary/aromatic N) is 4. The summed E-state index contributed by atoms with van der Waals surface area (Å²) in [5.74, 6) is 1.61. The lowest BCUT2D eigenvalue weighted by Gasteiger charge is -2.13. The summed E-state index contributed by atoms with van der Waals surface area (Å²) < 4.78 is 7.66. The molecule has 0 saturated carbocycles. The van der Waals surface area contributed by atoms with Crippen molar-refractivity contribution in [3.63, 3.8) is 0 Å². The Morgan fingerprint density at radius 1 is 0.960 bits per heavy atom. The predicted octanol–water partition coefficient (Wildman–Crippen LogP) is 4.19. The Labute approximate surface area is 146 Å². The third kappa shape index (κ3) is 2.27. The van der Waals surface area contributed by atoms with Crippen molar-refractivity contribution in [2.24, 2.45) is 0 Å². The van der Waals surface area contributed by atoms with E-state index in [1.165, 1.54) is 11.1 Å². The zero-order chi connectivity index (χ0) is 17.7. The van der Waals surface area contributed by atoms with Gasteiger partial charge in [-0.05, 0) is 56.5 Å². The fraction of sp³-hybridized carbons (Fsp3) is 0.250. The van der Waals surface area contributed by atoms with Gasteiger partial charge in [-0.2, -0.15) is 0 Å². The van der Waals surface area contributed by atoms with E-state index < -0.39 is 0 Å². The van der Waals surface area contributed by atoms with Gasteiger partial charge < -0.3 is 4.74 Å². The summed E-state index contributed by atoms with van der Waals surface area (Å²) in [4.78, 5) is 4.72. The molecule has 5 heteroatoms. The smallest absolute Gasteiger partial charge is 0.183 e. The molecule has 0 bridgehead atoms. The highest BCUT2D eigenvalue weighted by molar-refractivity contribution is 5.87. The van der Waals surface area contributed by atoms with Gasteiger partial charge in [0.05, 0.1) is 18.3 Å². The van der Waals surface area contributed by atoms with Crippen LogP contribution in [0, 0.1) is 27.7 Å². The van der Waals surface area contributed by atoms with Crippen LogP contribution >= 0.6 is 0 Å². The highest BCUT2D eigenvalue weighted by atomic mass is 16.5. The average Bonchev–Trinajstić information content (AvgIpc) is 3.01. The number of hydrogen-bond acceptors (Lipinski definition) is 4. The molecule has 0 aliphatic heterocycles. The van der Waals surface area contributed by atoms with Gasteiger partial charge in [0.25, 0.3) is 0 Å². The van der Waals surface area contributed by atoms with Crippen LogP contribution in [0.25, 0.3) is 28.1 Å². The second-order valence-electron chi connectivity index (χ2n) is 6.48. The molecule has 0 aliphatic rings. The highest BCUT2D eigenvalue weighted by Gasteiger charge is 2.19. The van der Waals surface area contributed by atoms with Gasteiger partial charge >= 0.3 is 0 Å². The third-order valence-corrected chi connectivity index (χ3v) is 4.63. The Morgan fingerprint density at radius 2 is 1.68 bits per heavy atom. The van der Waals surface area contributed by atoms with Crippen LogP contribution in [0.4, 0.5) is 0 Å². The lowest BCUT2D eigenvalue weighted by atomic mass is 10.0. The first kappa shape index (κ1) is 15.6. The zero-order valence-electron chi connectivity index (χ0n) is 15.1. The van der Waals surface area contributed by atoms with Gasteiger partial charge in [0.2, 0.25) is 0 Å². The molecule has 0 N–H and O–H groups in total. The van der Waals surface area contributed by atoms with Crippen LogP contribution in [-0.2, 0) is 0 Å². The van der Waals surface area contributed by atoms with Crippen LogP contribution in [0.1, 0.15) is 22.4 Å². The van der Waals surface area contributed by atoms with Gasteiger partial charge in [-0.25, -0.2) is 4.98 Å². The van der Waals surface area contributed by atoms with Gasteiger partial charge in [0, 0.05) is 5.56 Å². The molecule has 0 aliphatic carbocycles. The van der Waals surface area contributed by atoms with Crippen molar-refractivity contribution >= 4 is 16.7 Å². The number of aromatic nitrogens is 4. The first-order valence-corrected chi connectivity index (χ1v) is 8.28. The summed E-state index contributed by atoms with van der Waals surface area (Å²) in [6, 6.07) is 10.4. The van der Waals surface area contributed by atoms with Crippen molar-refractivity contribution < 1.29 is 4.74 Å². The second kappa shape index (κ2) is 5.55. The van der Waals surface area contributed by atoms with Gasteiger partial charge in [0.15, 0.2) is 11.5 Å². The van der Waals surface area contributed by atoms with Gasteiger partial charge in [-0.1, -0.05) is 18.2 Å². The van der Waals surface area contributed by atoms with E-state index in [1.807, 2.05) is 13.0 Å². The maximum Gasteiger partial charge on any atom is 0.183 e. The molecule has 0 unspecified atom stereocenters. The molecule has 25 heavy (non-hydrogen) atoms. The summed E-state index contributed by atoms with van der Waals surface area (Å²) in [5, 5.41) is 8.94. The Bertz CT molecular complexity index is 1110. The van der Waals surface area contributed by atoms with Crippen LogP contribution in [0.3, 0.4) is 0 Å². The van der Waals surface area contributed by atoms with Gasteiger partial charge in [-0.3, -0.25) is 4.40 Å². The molecule has 0 atom stereocenters. The quantitative estimate of drug-likeness (QED) is 0.552. The normalized spacial score (nSPS) is 11.4. The molecule has 0 fully saturated rings. The molecular weight excluding hydrogens is 312 g/mol. The fourth-order valence-electron chi connectivity index (χ4n) is 3.46. The largest absolute Gasteiger partial charge is 0.494 e. The maximum absolute atomic E-state index is 5.57. The first-order valence-electron chi connectivity index (χ1n) is 8.28. The number of aryl methyl sites for hydroxylation is 4. The topological polar surface area (TPSA) is 52.3 Å². The number of rotatable bonds is 2. The van der Waals surface area contributed by atoms with E-state index in [2.05, 4.69) is 59.6 Å². The van der Waals surface area contributed by atoms with Crippen LogP contribution in [-0.4, -0.2) is 26.7 Å². The number of methoxy groups -OCH3 is 1. The summed E-state index contributed by atoms with van der Waals surface area (Å²) in [6.07, 6.45) is 0. The zero-order valence-corrected chi connectivity index (χ0v) is 15.1. The van der Waals surface area contributed by atoms with E-state index in [0.29, 0.717) is 0 Å². The molecule has 0 spiro atoms. The summed E-state index contributed by atoms with van der Waals surface area (Å²) in [7, 11) is 1.67. The lowest BCUT2D eigenvalue weighted by Crippen LogP contribution is -2.01. The van der Waals surface area contributed by atoms with Crippen molar-refractivity contribution in [2.75, 3.05) is 7.11 Å². The summed E-state index contributed by atoms with van der Waals surface area (Å²) in [6.45, 7) is 8.21. The van der Waals surface area contributed by atoms with E-state index in [4.69, 9.17) is 9.72 Å². The second-order valence-corrected chi connectivity index (χ2v) is 6.48. The Kier molecular flexibility index (Phi) is 3.46. The van der Waals surface area contributed by atoms with E-state index >= 15 is 0 Å².